The minimum absolute atomic E-state index is 0.125. The van der Waals surface area contributed by atoms with Crippen molar-refractivity contribution < 1.29 is 31.2 Å². The fourth-order valence-electron chi connectivity index (χ4n) is 4.46. The molecule has 1 saturated carbocycles. The minimum atomic E-state index is -4.59. The third kappa shape index (κ3) is 8.64. The van der Waals surface area contributed by atoms with E-state index < -0.39 is 51.4 Å². The van der Waals surface area contributed by atoms with Crippen LogP contribution in [0.25, 0.3) is 10.4 Å². The summed E-state index contributed by atoms with van der Waals surface area (Å²) in [7, 11) is -3.70. The minimum Gasteiger partial charge on any atom is -0.353 e. The first-order valence-electron chi connectivity index (χ1n) is 12.1. The molecule has 9 nitrogen and oxygen atoms in total. The number of nitrogens with one attached hydrogen (secondary N) is 2. The van der Waals surface area contributed by atoms with Crippen molar-refractivity contribution in [2.75, 3.05) is 18.6 Å². The standard InChI is InChI=1S/C25H28F3N5O4S2/c1-38-20-6-8-21(9-7-20)39(36,37)15-17-14-19(32-33-29)5-10-22(17)31-23(34)11-12-30-24(35)16-3-2-4-18(13-16)25(26,27)28/h2-4,6-9,13,17,19,22H,5,10-12,14-15H2,1H3,(H,30,35)(H,31,34)/t17-,19+,22-/m1/s1. The van der Waals surface area contributed by atoms with Crippen LogP contribution in [0, 0.1) is 5.92 Å². The van der Waals surface area contributed by atoms with Crippen LogP contribution in [-0.2, 0) is 20.8 Å². The molecular formula is C25H28F3N5O4S2. The highest BCUT2D eigenvalue weighted by atomic mass is 32.2. The van der Waals surface area contributed by atoms with E-state index in [0.29, 0.717) is 12.8 Å². The number of thioether (sulfide) groups is 1. The molecule has 0 bridgehead atoms. The maximum atomic E-state index is 13.1. The first-order valence-corrected chi connectivity index (χ1v) is 15.0. The third-order valence-electron chi connectivity index (χ3n) is 6.46. The molecule has 0 spiro atoms. The van der Waals surface area contributed by atoms with Crippen LogP contribution in [-0.4, -0.2) is 50.9 Å². The lowest BCUT2D eigenvalue weighted by atomic mass is 9.83. The second-order valence-corrected chi connectivity index (χ2v) is 12.1. The number of alkyl halides is 3. The summed E-state index contributed by atoms with van der Waals surface area (Å²) in [6, 6.07) is 9.58. The van der Waals surface area contributed by atoms with Crippen LogP contribution in [0.1, 0.15) is 41.6 Å². The Kier molecular flexibility index (Phi) is 10.3. The largest absolute Gasteiger partial charge is 0.416 e. The van der Waals surface area contributed by atoms with E-state index in [4.69, 9.17) is 5.53 Å². The van der Waals surface area contributed by atoms with Gasteiger partial charge in [0.2, 0.25) is 5.91 Å². The maximum Gasteiger partial charge on any atom is 0.416 e. The Morgan fingerprint density at radius 1 is 1.15 bits per heavy atom. The maximum absolute atomic E-state index is 13.1. The van der Waals surface area contributed by atoms with E-state index in [0.717, 1.165) is 23.1 Å². The van der Waals surface area contributed by atoms with Gasteiger partial charge in [-0.3, -0.25) is 9.59 Å². The molecule has 0 aliphatic heterocycles. The number of azide groups is 1. The van der Waals surface area contributed by atoms with Crippen LogP contribution in [0.15, 0.2) is 63.4 Å². The Morgan fingerprint density at radius 2 is 1.87 bits per heavy atom. The Labute approximate surface area is 228 Å². The molecule has 210 valence electrons. The summed E-state index contributed by atoms with van der Waals surface area (Å²) >= 11 is 1.48. The lowest BCUT2D eigenvalue weighted by Gasteiger charge is -2.35. The number of halogens is 3. The number of hydrogen-bond donors (Lipinski definition) is 2. The Morgan fingerprint density at radius 3 is 2.51 bits per heavy atom. The smallest absolute Gasteiger partial charge is 0.353 e. The molecule has 0 unspecified atom stereocenters. The molecule has 1 aliphatic carbocycles. The molecule has 2 N–H and O–H groups in total. The van der Waals surface area contributed by atoms with Gasteiger partial charge in [-0.05, 0) is 79.4 Å². The number of sulfone groups is 1. The highest BCUT2D eigenvalue weighted by molar-refractivity contribution is 7.98. The summed E-state index contributed by atoms with van der Waals surface area (Å²) in [5.41, 5.74) is 7.70. The van der Waals surface area contributed by atoms with Crippen LogP contribution >= 0.6 is 11.8 Å². The summed E-state index contributed by atoms with van der Waals surface area (Å²) in [5, 5.41) is 9.00. The molecule has 0 heterocycles. The van der Waals surface area contributed by atoms with Gasteiger partial charge in [0, 0.05) is 40.4 Å². The average Bonchev–Trinajstić information content (AvgIpc) is 2.89. The van der Waals surface area contributed by atoms with Crippen molar-refractivity contribution in [3.63, 3.8) is 0 Å². The molecule has 3 atom stereocenters. The molecule has 1 fully saturated rings. The molecule has 0 radical (unpaired) electrons. The van der Waals surface area contributed by atoms with E-state index in [1.54, 1.807) is 12.1 Å². The number of nitrogens with zero attached hydrogens (tertiary/aromatic N) is 3. The van der Waals surface area contributed by atoms with Crippen molar-refractivity contribution in [1.29, 1.82) is 0 Å². The van der Waals surface area contributed by atoms with E-state index in [1.807, 2.05) is 6.26 Å². The highest BCUT2D eigenvalue weighted by Gasteiger charge is 2.35. The predicted octanol–water partition coefficient (Wildman–Crippen LogP) is 4.98. The predicted molar refractivity (Wildman–Crippen MR) is 141 cm³/mol. The van der Waals surface area contributed by atoms with Crippen molar-refractivity contribution in [3.8, 4) is 0 Å². The molecule has 39 heavy (non-hydrogen) atoms. The van der Waals surface area contributed by atoms with Gasteiger partial charge >= 0.3 is 6.18 Å². The molecule has 2 aromatic carbocycles. The molecule has 1 aliphatic rings. The Balaban J connectivity index is 1.61. The molecule has 0 saturated heterocycles. The lowest BCUT2D eigenvalue weighted by molar-refractivity contribution is -0.137. The third-order valence-corrected chi connectivity index (χ3v) is 9.06. The van der Waals surface area contributed by atoms with Crippen molar-refractivity contribution in [2.45, 2.75) is 53.7 Å². The number of carbonyl (C=O) groups excluding carboxylic acids is 2. The Bertz CT molecular complexity index is 1330. The molecule has 14 heteroatoms. The Hall–Kier alpha value is -3.22. The van der Waals surface area contributed by atoms with Crippen LogP contribution < -0.4 is 10.6 Å². The van der Waals surface area contributed by atoms with E-state index in [2.05, 4.69) is 20.7 Å². The number of rotatable bonds is 10. The van der Waals surface area contributed by atoms with Gasteiger partial charge in [0.15, 0.2) is 9.84 Å². The SMILES string of the molecule is CSc1ccc(S(=O)(=O)C[C@H]2C[C@@H](N=[N+]=[N-])CC[C@H]2NC(=O)CCNC(=O)c2cccc(C(F)(F)F)c2)cc1. The zero-order valence-corrected chi connectivity index (χ0v) is 22.7. The van der Waals surface area contributed by atoms with Crippen molar-refractivity contribution in [2.24, 2.45) is 11.0 Å². The molecule has 3 rings (SSSR count). The van der Waals surface area contributed by atoms with Gasteiger partial charge in [-0.1, -0.05) is 11.2 Å². The van der Waals surface area contributed by atoms with E-state index in [1.165, 1.54) is 30.0 Å². The second kappa shape index (κ2) is 13.2. The summed E-state index contributed by atoms with van der Waals surface area (Å²) in [4.78, 5) is 28.8. The van der Waals surface area contributed by atoms with E-state index >= 15 is 0 Å². The summed E-state index contributed by atoms with van der Waals surface area (Å²) in [6.07, 6.45) is -1.71. The summed E-state index contributed by atoms with van der Waals surface area (Å²) in [5.74, 6) is -1.96. The molecule has 0 aromatic heterocycles. The highest BCUT2D eigenvalue weighted by Crippen LogP contribution is 2.31. The van der Waals surface area contributed by atoms with Crippen molar-refractivity contribution in [3.05, 3.63) is 70.1 Å². The van der Waals surface area contributed by atoms with Crippen LogP contribution in [0.4, 0.5) is 13.2 Å². The van der Waals surface area contributed by atoms with Gasteiger partial charge < -0.3 is 10.6 Å². The molecule has 2 aromatic rings. The number of amides is 2. The van der Waals surface area contributed by atoms with Crippen molar-refractivity contribution >= 4 is 33.4 Å². The fraction of sp³-hybridized carbons (Fsp3) is 0.440. The normalized spacial score (nSPS) is 19.5. The first kappa shape index (κ1) is 30.3. The van der Waals surface area contributed by atoms with E-state index in [-0.39, 0.29) is 35.6 Å². The van der Waals surface area contributed by atoms with Crippen molar-refractivity contribution in [1.82, 2.24) is 10.6 Å². The second-order valence-electron chi connectivity index (χ2n) is 9.15. The quantitative estimate of drug-likeness (QED) is 0.176. The van der Waals surface area contributed by atoms with E-state index in [9.17, 15) is 31.2 Å². The van der Waals surface area contributed by atoms with Crippen LogP contribution in [0.3, 0.4) is 0 Å². The van der Waals surface area contributed by atoms with Gasteiger partial charge in [-0.2, -0.15) is 13.2 Å². The van der Waals surface area contributed by atoms with Crippen LogP contribution in [0.5, 0.6) is 0 Å². The molecule has 2 amide bonds. The van der Waals surface area contributed by atoms with Gasteiger partial charge in [0.25, 0.3) is 5.91 Å². The molecular weight excluding hydrogens is 555 g/mol. The fourth-order valence-corrected chi connectivity index (χ4v) is 6.54. The number of benzene rings is 2. The topological polar surface area (TPSA) is 141 Å². The zero-order chi connectivity index (χ0) is 28.6. The number of hydrogen-bond acceptors (Lipinski definition) is 6. The van der Waals surface area contributed by atoms with Crippen LogP contribution in [0.2, 0.25) is 0 Å². The van der Waals surface area contributed by atoms with Gasteiger partial charge in [-0.25, -0.2) is 8.42 Å². The summed E-state index contributed by atoms with van der Waals surface area (Å²) in [6.45, 7) is -0.125. The monoisotopic (exact) mass is 583 g/mol. The van der Waals surface area contributed by atoms with Gasteiger partial charge in [0.05, 0.1) is 16.2 Å². The van der Waals surface area contributed by atoms with Gasteiger partial charge in [0.1, 0.15) is 0 Å². The lowest BCUT2D eigenvalue weighted by Crippen LogP contribution is -2.47. The average molecular weight is 584 g/mol. The first-order chi connectivity index (χ1) is 18.4. The summed E-state index contributed by atoms with van der Waals surface area (Å²) < 4.78 is 64.9. The number of carbonyl (C=O) groups is 2. The van der Waals surface area contributed by atoms with Gasteiger partial charge in [-0.15, -0.1) is 11.8 Å². The zero-order valence-electron chi connectivity index (χ0n) is 21.0.